The number of ether oxygens (including phenoxy) is 1. The molecule has 0 saturated carbocycles. The highest BCUT2D eigenvalue weighted by Crippen LogP contribution is 2.36. The predicted molar refractivity (Wildman–Crippen MR) is 115 cm³/mol. The molecular formula is C23H17N3O3S. The zero-order valence-corrected chi connectivity index (χ0v) is 16.8. The number of methoxy groups -OCH3 is 1. The summed E-state index contributed by atoms with van der Waals surface area (Å²) in [7, 11) is 1.28. The molecule has 2 aromatic carbocycles. The molecule has 0 spiro atoms. The number of carbonyl (C=O) groups excluding carboxylic acids is 1. The molecule has 1 atom stereocenters. The molecular weight excluding hydrogens is 398 g/mol. The van der Waals surface area contributed by atoms with Crippen LogP contribution in [0.2, 0.25) is 0 Å². The molecule has 148 valence electrons. The molecule has 6 nitrogen and oxygen atoms in total. The van der Waals surface area contributed by atoms with Crippen molar-refractivity contribution in [3.8, 4) is 6.07 Å². The van der Waals surface area contributed by atoms with Gasteiger partial charge in [-0.2, -0.15) is 5.26 Å². The molecule has 2 N–H and O–H groups in total. The van der Waals surface area contributed by atoms with E-state index in [1.165, 1.54) is 11.7 Å². The molecule has 3 aromatic rings. The molecule has 1 aliphatic heterocycles. The first-order chi connectivity index (χ1) is 14.6. The van der Waals surface area contributed by atoms with Gasteiger partial charge in [-0.1, -0.05) is 60.7 Å². The maximum Gasteiger partial charge on any atom is 0.337 e. The summed E-state index contributed by atoms with van der Waals surface area (Å²) in [4.78, 5) is 26.0. The van der Waals surface area contributed by atoms with Crippen LogP contribution in [0.1, 0.15) is 17.0 Å². The summed E-state index contributed by atoms with van der Waals surface area (Å²) in [6.45, 7) is 0. The average Bonchev–Trinajstić information content (AvgIpc) is 3.10. The number of fused-ring (bicyclic) bond motifs is 1. The van der Waals surface area contributed by atoms with Crippen molar-refractivity contribution in [3.63, 3.8) is 0 Å². The lowest BCUT2D eigenvalue weighted by Gasteiger charge is -2.24. The van der Waals surface area contributed by atoms with Crippen LogP contribution in [-0.2, 0) is 9.53 Å². The van der Waals surface area contributed by atoms with E-state index in [0.717, 1.165) is 22.5 Å². The zero-order chi connectivity index (χ0) is 21.3. The van der Waals surface area contributed by atoms with E-state index >= 15 is 0 Å². The van der Waals surface area contributed by atoms with E-state index in [1.54, 1.807) is 6.08 Å². The van der Waals surface area contributed by atoms with Gasteiger partial charge in [0, 0.05) is 0 Å². The first kappa shape index (κ1) is 19.4. The Morgan fingerprint density at radius 1 is 1.17 bits per heavy atom. The highest BCUT2D eigenvalue weighted by molar-refractivity contribution is 7.07. The molecule has 0 fully saturated rings. The molecule has 1 aromatic heterocycles. The Morgan fingerprint density at radius 3 is 2.40 bits per heavy atom. The number of allylic oxidation sites excluding steroid dienone is 1. The molecule has 0 saturated heterocycles. The molecule has 0 radical (unpaired) electrons. The van der Waals surface area contributed by atoms with Gasteiger partial charge in [-0.3, -0.25) is 9.36 Å². The number of nitriles is 1. The lowest BCUT2D eigenvalue weighted by Crippen LogP contribution is -2.40. The average molecular weight is 415 g/mol. The van der Waals surface area contributed by atoms with Crippen LogP contribution >= 0.6 is 11.3 Å². The fourth-order valence-corrected chi connectivity index (χ4v) is 4.70. The standard InChI is InChI=1S/C23H17N3O3S/c1-29-23(28)19-18(15-10-6-3-7-11-15)16(13-24)20(25)26-21(27)17(30-22(19)26)12-14-8-4-2-5-9-14/h2-12,18H,25H2,1H3/b17-12+/t18-/m0/s1. The van der Waals surface area contributed by atoms with E-state index < -0.39 is 11.9 Å². The second kappa shape index (κ2) is 7.85. The number of carbonyl (C=O) groups is 1. The Labute approximate surface area is 176 Å². The molecule has 0 unspecified atom stereocenters. The Balaban J connectivity index is 2.12. The zero-order valence-electron chi connectivity index (χ0n) is 16.0. The number of nitrogens with two attached hydrogens (primary N) is 1. The van der Waals surface area contributed by atoms with Gasteiger partial charge in [0.1, 0.15) is 10.5 Å². The number of nitrogens with zero attached hydrogens (tertiary/aromatic N) is 2. The van der Waals surface area contributed by atoms with E-state index in [9.17, 15) is 14.9 Å². The van der Waals surface area contributed by atoms with E-state index in [2.05, 4.69) is 6.07 Å². The summed E-state index contributed by atoms with van der Waals surface area (Å²) in [5.41, 5.74) is 7.84. The molecule has 0 bridgehead atoms. The maximum absolute atomic E-state index is 13.1. The van der Waals surface area contributed by atoms with Gasteiger partial charge in [0.05, 0.1) is 34.8 Å². The molecule has 2 heterocycles. The number of thiazole rings is 1. The molecule has 0 amide bonds. The van der Waals surface area contributed by atoms with Gasteiger partial charge >= 0.3 is 5.97 Å². The van der Waals surface area contributed by atoms with Crippen LogP contribution in [0.25, 0.3) is 17.5 Å². The van der Waals surface area contributed by atoms with Gasteiger partial charge in [0.25, 0.3) is 5.56 Å². The highest BCUT2D eigenvalue weighted by atomic mass is 32.1. The first-order valence-corrected chi connectivity index (χ1v) is 9.94. The smallest absolute Gasteiger partial charge is 0.337 e. The molecule has 30 heavy (non-hydrogen) atoms. The SMILES string of the molecule is COC(=O)C1=c2s/c(=C/c3ccccc3)c(=O)n2C(N)=C(C#N)[C@@H]1c1ccccc1. The normalized spacial score (nSPS) is 16.2. The Bertz CT molecular complexity index is 1380. The van der Waals surface area contributed by atoms with E-state index in [-0.39, 0.29) is 22.5 Å². The third-order valence-corrected chi connectivity index (χ3v) is 6.01. The van der Waals surface area contributed by atoms with E-state index in [4.69, 9.17) is 10.5 Å². The Morgan fingerprint density at radius 2 is 1.80 bits per heavy atom. The van der Waals surface area contributed by atoms with Crippen LogP contribution in [0.3, 0.4) is 0 Å². The number of hydrogen-bond acceptors (Lipinski definition) is 6. The largest absolute Gasteiger partial charge is 0.466 e. The summed E-state index contributed by atoms with van der Waals surface area (Å²) in [6.07, 6.45) is 1.74. The molecule has 4 rings (SSSR count). The predicted octanol–water partition coefficient (Wildman–Crippen LogP) is 1.51. The third kappa shape index (κ3) is 3.13. The quantitative estimate of drug-likeness (QED) is 0.654. The summed E-state index contributed by atoms with van der Waals surface area (Å²) in [5.74, 6) is -1.29. The monoisotopic (exact) mass is 415 g/mol. The number of rotatable bonds is 3. The number of hydrogen-bond donors (Lipinski definition) is 1. The summed E-state index contributed by atoms with van der Waals surface area (Å²) >= 11 is 1.16. The van der Waals surface area contributed by atoms with Crippen LogP contribution in [-0.4, -0.2) is 17.6 Å². The van der Waals surface area contributed by atoms with Crippen molar-refractivity contribution in [2.45, 2.75) is 5.92 Å². The van der Waals surface area contributed by atoms with Crippen molar-refractivity contribution in [1.82, 2.24) is 4.57 Å². The first-order valence-electron chi connectivity index (χ1n) is 9.13. The van der Waals surface area contributed by atoms with Crippen LogP contribution < -0.4 is 20.5 Å². The second-order valence-electron chi connectivity index (χ2n) is 6.63. The summed E-state index contributed by atoms with van der Waals surface area (Å²) in [6, 6.07) is 20.6. The fourth-order valence-electron chi connectivity index (χ4n) is 3.53. The lowest BCUT2D eigenvalue weighted by atomic mass is 9.84. The van der Waals surface area contributed by atoms with Crippen LogP contribution in [0, 0.1) is 11.3 Å². The van der Waals surface area contributed by atoms with Crippen LogP contribution in [0.15, 0.2) is 71.0 Å². The summed E-state index contributed by atoms with van der Waals surface area (Å²) in [5, 5.41) is 9.85. The van der Waals surface area contributed by atoms with Crippen LogP contribution in [0.5, 0.6) is 0 Å². The van der Waals surface area contributed by atoms with Gasteiger partial charge in [-0.15, -0.1) is 11.3 Å². The van der Waals surface area contributed by atoms with E-state index in [1.807, 2.05) is 60.7 Å². The van der Waals surface area contributed by atoms with Crippen molar-refractivity contribution >= 4 is 34.8 Å². The molecule has 0 aliphatic carbocycles. The van der Waals surface area contributed by atoms with Crippen molar-refractivity contribution in [2.24, 2.45) is 5.73 Å². The van der Waals surface area contributed by atoms with Gasteiger partial charge in [-0.25, -0.2) is 4.79 Å². The third-order valence-electron chi connectivity index (χ3n) is 4.90. The number of aromatic nitrogens is 1. The molecule has 7 heteroatoms. The van der Waals surface area contributed by atoms with Crippen molar-refractivity contribution < 1.29 is 9.53 Å². The van der Waals surface area contributed by atoms with Gasteiger partial charge < -0.3 is 10.5 Å². The van der Waals surface area contributed by atoms with Gasteiger partial charge in [-0.05, 0) is 17.2 Å². The maximum atomic E-state index is 13.1. The van der Waals surface area contributed by atoms with Crippen molar-refractivity contribution in [3.05, 3.63) is 96.9 Å². The van der Waals surface area contributed by atoms with Crippen molar-refractivity contribution in [2.75, 3.05) is 7.11 Å². The van der Waals surface area contributed by atoms with Gasteiger partial charge in [0.15, 0.2) is 0 Å². The minimum atomic E-state index is -0.716. The second-order valence-corrected chi connectivity index (χ2v) is 7.66. The van der Waals surface area contributed by atoms with Crippen LogP contribution in [0.4, 0.5) is 0 Å². The minimum Gasteiger partial charge on any atom is -0.466 e. The fraction of sp³-hybridized carbons (Fsp3) is 0.0870. The van der Waals surface area contributed by atoms with Crippen molar-refractivity contribution in [1.29, 1.82) is 5.26 Å². The highest BCUT2D eigenvalue weighted by Gasteiger charge is 2.35. The topological polar surface area (TPSA) is 98.1 Å². The summed E-state index contributed by atoms with van der Waals surface area (Å²) < 4.78 is 7.05. The lowest BCUT2D eigenvalue weighted by molar-refractivity contribution is -0.134. The van der Waals surface area contributed by atoms with E-state index in [0.29, 0.717) is 9.20 Å². The Hall–Kier alpha value is -3.89. The minimum absolute atomic E-state index is 0.0305. The Kier molecular flexibility index (Phi) is 5.09. The number of benzene rings is 2. The van der Waals surface area contributed by atoms with Gasteiger partial charge in [0.2, 0.25) is 0 Å². The number of esters is 1. The molecule has 1 aliphatic rings.